The molecule has 0 radical (unpaired) electrons. The van der Waals surface area contributed by atoms with Gasteiger partial charge in [-0.1, -0.05) is 83.6 Å². The second-order valence-electron chi connectivity index (χ2n) is 6.65. The maximum Gasteiger partial charge on any atom is 0.266 e. The molecule has 0 aromatic heterocycles. The largest absolute Gasteiger partial charge is 0.488 e. The van der Waals surface area contributed by atoms with Gasteiger partial charge in [0.2, 0.25) is 0 Å². The molecular weight excluding hydrogens is 457 g/mol. The summed E-state index contributed by atoms with van der Waals surface area (Å²) in [6.07, 6.45) is 1.87. The molecular formula is C23H17Cl2NO2S2. The van der Waals surface area contributed by atoms with Crippen molar-refractivity contribution < 1.29 is 9.53 Å². The Kier molecular flexibility index (Phi) is 6.34. The van der Waals surface area contributed by atoms with E-state index >= 15 is 0 Å². The fourth-order valence-electron chi connectivity index (χ4n) is 3.25. The van der Waals surface area contributed by atoms with Gasteiger partial charge < -0.3 is 4.74 Å². The molecule has 0 bridgehead atoms. The number of thiocarbonyl (C=S) groups is 1. The number of thioether (sulfide) groups is 1. The highest BCUT2D eigenvalue weighted by atomic mass is 35.5. The molecule has 0 saturated carbocycles. The predicted molar refractivity (Wildman–Crippen MR) is 130 cm³/mol. The predicted octanol–water partition coefficient (Wildman–Crippen LogP) is 6.95. The van der Waals surface area contributed by atoms with E-state index in [2.05, 4.69) is 0 Å². The number of hydrogen-bond acceptors (Lipinski definition) is 4. The van der Waals surface area contributed by atoms with E-state index in [0.717, 1.165) is 21.9 Å². The lowest BCUT2D eigenvalue weighted by Crippen LogP contribution is -2.27. The van der Waals surface area contributed by atoms with Gasteiger partial charge in [-0.2, -0.15) is 0 Å². The molecule has 1 aliphatic rings. The summed E-state index contributed by atoms with van der Waals surface area (Å²) in [5, 5.41) is 3.19. The fraction of sp³-hybridized carbons (Fsp3) is 0.130. The number of carbonyl (C=O) groups is 1. The first-order valence-electron chi connectivity index (χ1n) is 9.31. The highest BCUT2D eigenvalue weighted by Gasteiger charge is 2.31. The van der Waals surface area contributed by atoms with Crippen LogP contribution in [0.15, 0.2) is 59.5 Å². The van der Waals surface area contributed by atoms with Crippen LogP contribution < -0.4 is 4.74 Å². The second kappa shape index (κ2) is 8.98. The van der Waals surface area contributed by atoms with Gasteiger partial charge in [0.1, 0.15) is 16.7 Å². The number of halogens is 2. The van der Waals surface area contributed by atoms with E-state index in [9.17, 15) is 4.79 Å². The van der Waals surface area contributed by atoms with E-state index in [1.165, 1.54) is 11.8 Å². The Balaban J connectivity index is 1.74. The van der Waals surface area contributed by atoms with E-state index in [0.29, 0.717) is 31.6 Å². The van der Waals surface area contributed by atoms with Crippen LogP contribution in [0, 0.1) is 0 Å². The summed E-state index contributed by atoms with van der Waals surface area (Å²) in [7, 11) is 0. The molecule has 0 spiro atoms. The third kappa shape index (κ3) is 4.21. The summed E-state index contributed by atoms with van der Waals surface area (Å²) in [5.74, 6) is 0.591. The van der Waals surface area contributed by atoms with Crippen LogP contribution in [0.2, 0.25) is 10.0 Å². The van der Waals surface area contributed by atoms with E-state index in [1.54, 1.807) is 17.0 Å². The molecule has 3 aromatic rings. The Hall–Kier alpha value is -2.05. The minimum Gasteiger partial charge on any atom is -0.488 e. The first-order chi connectivity index (χ1) is 14.5. The van der Waals surface area contributed by atoms with Crippen LogP contribution >= 0.6 is 47.2 Å². The fourth-order valence-corrected chi connectivity index (χ4v) is 5.08. The number of carbonyl (C=O) groups excluding carboxylic acids is 1. The maximum atomic E-state index is 12.7. The molecule has 1 amide bonds. The quantitative estimate of drug-likeness (QED) is 0.296. The van der Waals surface area contributed by atoms with Crippen molar-refractivity contribution in [3.05, 3.63) is 80.7 Å². The third-order valence-electron chi connectivity index (χ3n) is 4.79. The van der Waals surface area contributed by atoms with Crippen molar-refractivity contribution >= 4 is 74.3 Å². The highest BCUT2D eigenvalue weighted by Crippen LogP contribution is 2.37. The SMILES string of the molecule is CCN1C(=O)/C(=C/c2c(OCc3ccc(Cl)cc3Cl)ccc3ccccc23)SC1=S. The summed E-state index contributed by atoms with van der Waals surface area (Å²) >= 11 is 18.9. The average Bonchev–Trinajstić information content (AvgIpc) is 3.00. The van der Waals surface area contributed by atoms with Crippen LogP contribution in [0.25, 0.3) is 16.8 Å². The van der Waals surface area contributed by atoms with Gasteiger partial charge in [0.25, 0.3) is 5.91 Å². The summed E-state index contributed by atoms with van der Waals surface area (Å²) in [4.78, 5) is 14.9. The van der Waals surface area contributed by atoms with Crippen LogP contribution in [-0.4, -0.2) is 21.7 Å². The van der Waals surface area contributed by atoms with Gasteiger partial charge in [-0.3, -0.25) is 9.69 Å². The lowest BCUT2D eigenvalue weighted by molar-refractivity contribution is -0.121. The van der Waals surface area contributed by atoms with Crippen molar-refractivity contribution in [2.24, 2.45) is 0 Å². The topological polar surface area (TPSA) is 29.5 Å². The zero-order valence-electron chi connectivity index (χ0n) is 16.0. The van der Waals surface area contributed by atoms with Crippen LogP contribution in [-0.2, 0) is 11.4 Å². The number of benzene rings is 3. The monoisotopic (exact) mass is 473 g/mol. The minimum absolute atomic E-state index is 0.0767. The van der Waals surface area contributed by atoms with Crippen molar-refractivity contribution in [2.45, 2.75) is 13.5 Å². The molecule has 0 atom stereocenters. The van der Waals surface area contributed by atoms with Crippen LogP contribution in [0.4, 0.5) is 0 Å². The summed E-state index contributed by atoms with van der Waals surface area (Å²) in [6, 6.07) is 17.2. The first-order valence-corrected chi connectivity index (χ1v) is 11.3. The molecule has 1 heterocycles. The molecule has 3 aromatic carbocycles. The molecule has 1 aliphatic heterocycles. The highest BCUT2D eigenvalue weighted by molar-refractivity contribution is 8.26. The molecule has 3 nitrogen and oxygen atoms in total. The Morgan fingerprint density at radius 3 is 2.67 bits per heavy atom. The number of nitrogens with zero attached hydrogens (tertiary/aromatic N) is 1. The van der Waals surface area contributed by atoms with Gasteiger partial charge in [0, 0.05) is 27.7 Å². The Morgan fingerprint density at radius 1 is 1.13 bits per heavy atom. The molecule has 7 heteroatoms. The third-order valence-corrected chi connectivity index (χ3v) is 6.76. The molecule has 1 fully saturated rings. The zero-order chi connectivity index (χ0) is 21.3. The maximum absolute atomic E-state index is 12.7. The summed E-state index contributed by atoms with van der Waals surface area (Å²) in [5.41, 5.74) is 1.67. The molecule has 30 heavy (non-hydrogen) atoms. The van der Waals surface area contributed by atoms with Crippen LogP contribution in [0.5, 0.6) is 5.75 Å². The first kappa shape index (κ1) is 21.2. The van der Waals surface area contributed by atoms with Crippen LogP contribution in [0.1, 0.15) is 18.1 Å². The van der Waals surface area contributed by atoms with E-state index in [1.807, 2.05) is 55.5 Å². The van der Waals surface area contributed by atoms with Gasteiger partial charge >= 0.3 is 0 Å². The van der Waals surface area contributed by atoms with E-state index in [-0.39, 0.29) is 12.5 Å². The van der Waals surface area contributed by atoms with Crippen molar-refractivity contribution in [2.75, 3.05) is 6.54 Å². The van der Waals surface area contributed by atoms with Gasteiger partial charge in [0.05, 0.1) is 4.91 Å². The van der Waals surface area contributed by atoms with Crippen molar-refractivity contribution in [3.63, 3.8) is 0 Å². The van der Waals surface area contributed by atoms with Gasteiger partial charge in [-0.05, 0) is 42.0 Å². The average molecular weight is 474 g/mol. The molecule has 0 N–H and O–H groups in total. The number of amides is 1. The molecule has 152 valence electrons. The van der Waals surface area contributed by atoms with E-state index in [4.69, 9.17) is 40.2 Å². The Bertz CT molecular complexity index is 1190. The molecule has 4 rings (SSSR count). The number of likely N-dealkylation sites (N-methyl/N-ethyl adjacent to an activating group) is 1. The number of rotatable bonds is 5. The van der Waals surface area contributed by atoms with E-state index < -0.39 is 0 Å². The summed E-state index contributed by atoms with van der Waals surface area (Å²) in [6.45, 7) is 2.75. The molecule has 1 saturated heterocycles. The Morgan fingerprint density at radius 2 is 1.93 bits per heavy atom. The molecule has 0 aliphatic carbocycles. The van der Waals surface area contributed by atoms with Crippen molar-refractivity contribution in [3.8, 4) is 5.75 Å². The normalized spacial score (nSPS) is 15.4. The van der Waals surface area contributed by atoms with Gasteiger partial charge in [-0.15, -0.1) is 0 Å². The van der Waals surface area contributed by atoms with Crippen molar-refractivity contribution in [1.29, 1.82) is 0 Å². The number of ether oxygens (including phenoxy) is 1. The summed E-state index contributed by atoms with van der Waals surface area (Å²) < 4.78 is 6.71. The van der Waals surface area contributed by atoms with Gasteiger partial charge in [0.15, 0.2) is 0 Å². The van der Waals surface area contributed by atoms with Crippen molar-refractivity contribution in [1.82, 2.24) is 4.90 Å². The smallest absolute Gasteiger partial charge is 0.266 e. The lowest BCUT2D eigenvalue weighted by atomic mass is 10.0. The van der Waals surface area contributed by atoms with Crippen LogP contribution in [0.3, 0.4) is 0 Å². The van der Waals surface area contributed by atoms with Gasteiger partial charge in [-0.25, -0.2) is 0 Å². The zero-order valence-corrected chi connectivity index (χ0v) is 19.2. The minimum atomic E-state index is -0.0767. The molecule has 0 unspecified atom stereocenters. The Labute approximate surface area is 194 Å². The number of hydrogen-bond donors (Lipinski definition) is 0. The lowest BCUT2D eigenvalue weighted by Gasteiger charge is -2.14. The number of fused-ring (bicyclic) bond motifs is 1. The second-order valence-corrected chi connectivity index (χ2v) is 9.17. The standard InChI is InChI=1S/C23H17Cl2NO2S2/c1-2-26-22(27)21(30-23(26)29)12-18-17-6-4-3-5-14(17)8-10-20(18)28-13-15-7-9-16(24)11-19(15)25/h3-12H,2,13H2,1H3/b21-12-.